The summed E-state index contributed by atoms with van der Waals surface area (Å²) in [7, 11) is 1.44. The summed E-state index contributed by atoms with van der Waals surface area (Å²) in [6.45, 7) is 2.01. The first-order chi connectivity index (χ1) is 9.63. The molecule has 1 atom stereocenters. The summed E-state index contributed by atoms with van der Waals surface area (Å²) < 4.78 is 24.6. The van der Waals surface area contributed by atoms with Crippen molar-refractivity contribution in [3.63, 3.8) is 0 Å². The Kier molecular flexibility index (Phi) is 4.58. The summed E-state index contributed by atoms with van der Waals surface area (Å²) in [5.41, 5.74) is 7.23. The van der Waals surface area contributed by atoms with Gasteiger partial charge >= 0.3 is 0 Å². The van der Waals surface area contributed by atoms with Gasteiger partial charge in [0.2, 0.25) is 0 Å². The molecule has 0 aliphatic carbocycles. The Morgan fingerprint density at radius 1 is 1.10 bits per heavy atom. The molecular weight excluding hydrogens is 257 g/mol. The third-order valence-electron chi connectivity index (χ3n) is 3.06. The van der Waals surface area contributed by atoms with Crippen LogP contribution in [0.25, 0.3) is 0 Å². The molecule has 0 aliphatic heterocycles. The van der Waals surface area contributed by atoms with Crippen molar-refractivity contribution in [3.8, 4) is 11.5 Å². The molecule has 106 valence electrons. The van der Waals surface area contributed by atoms with Gasteiger partial charge in [0, 0.05) is 17.2 Å². The Balaban J connectivity index is 2.17. The van der Waals surface area contributed by atoms with Crippen molar-refractivity contribution in [2.75, 3.05) is 7.11 Å². The molecular formula is C16H18FNO2. The van der Waals surface area contributed by atoms with Crippen LogP contribution in [0.4, 0.5) is 4.39 Å². The van der Waals surface area contributed by atoms with E-state index in [0.29, 0.717) is 11.3 Å². The maximum atomic E-state index is 14.0. The highest BCUT2D eigenvalue weighted by Gasteiger charge is 2.11. The minimum atomic E-state index is -0.395. The van der Waals surface area contributed by atoms with Crippen LogP contribution in [0, 0.1) is 5.82 Å². The van der Waals surface area contributed by atoms with Crippen molar-refractivity contribution in [1.82, 2.24) is 0 Å². The zero-order valence-corrected chi connectivity index (χ0v) is 11.6. The van der Waals surface area contributed by atoms with Crippen molar-refractivity contribution in [2.45, 2.75) is 19.6 Å². The highest BCUT2D eigenvalue weighted by atomic mass is 19.1. The van der Waals surface area contributed by atoms with Crippen LogP contribution in [0.2, 0.25) is 0 Å². The van der Waals surface area contributed by atoms with Gasteiger partial charge in [-0.1, -0.05) is 30.3 Å². The fourth-order valence-electron chi connectivity index (χ4n) is 1.97. The van der Waals surface area contributed by atoms with Gasteiger partial charge in [-0.15, -0.1) is 0 Å². The maximum Gasteiger partial charge on any atom is 0.171 e. The predicted molar refractivity (Wildman–Crippen MR) is 76.3 cm³/mol. The third-order valence-corrected chi connectivity index (χ3v) is 3.06. The number of hydrogen-bond donors (Lipinski definition) is 1. The number of benzene rings is 2. The first-order valence-electron chi connectivity index (χ1n) is 6.42. The van der Waals surface area contributed by atoms with E-state index >= 15 is 0 Å². The highest BCUT2D eigenvalue weighted by Crippen LogP contribution is 2.26. The van der Waals surface area contributed by atoms with E-state index in [-0.39, 0.29) is 18.4 Å². The molecule has 0 bridgehead atoms. The number of para-hydroxylation sites is 1. The average Bonchev–Trinajstić information content (AvgIpc) is 2.46. The van der Waals surface area contributed by atoms with Crippen LogP contribution >= 0.6 is 0 Å². The number of rotatable bonds is 5. The minimum Gasteiger partial charge on any atom is -0.494 e. The summed E-state index contributed by atoms with van der Waals surface area (Å²) in [6, 6.07) is 12.3. The monoisotopic (exact) mass is 275 g/mol. The number of methoxy groups -OCH3 is 1. The molecule has 4 heteroatoms. The quantitative estimate of drug-likeness (QED) is 0.909. The number of nitrogens with two attached hydrogens (primary N) is 1. The standard InChI is InChI=1S/C16H18FNO2/c1-11(18)13-7-3-4-8-14(13)20-10-12-6-5-9-15(19-2)16(12)17/h3-9,11H,10,18H2,1-2H3/t11-/m1/s1. The lowest BCUT2D eigenvalue weighted by Gasteiger charge is -2.14. The normalized spacial score (nSPS) is 12.0. The molecule has 2 rings (SSSR count). The van der Waals surface area contributed by atoms with Crippen molar-refractivity contribution in [3.05, 3.63) is 59.4 Å². The van der Waals surface area contributed by atoms with Crippen molar-refractivity contribution >= 4 is 0 Å². The molecule has 2 aromatic rings. The first kappa shape index (κ1) is 14.3. The molecule has 0 spiro atoms. The Labute approximate surface area is 118 Å². The molecule has 2 aromatic carbocycles. The number of halogens is 1. The Bertz CT molecular complexity index is 584. The summed E-state index contributed by atoms with van der Waals surface area (Å²) in [5, 5.41) is 0. The molecule has 2 N–H and O–H groups in total. The smallest absolute Gasteiger partial charge is 0.171 e. The van der Waals surface area contributed by atoms with Crippen LogP contribution < -0.4 is 15.2 Å². The van der Waals surface area contributed by atoms with Gasteiger partial charge in [0.25, 0.3) is 0 Å². The zero-order valence-electron chi connectivity index (χ0n) is 11.6. The van der Waals surface area contributed by atoms with E-state index in [4.69, 9.17) is 15.2 Å². The van der Waals surface area contributed by atoms with Gasteiger partial charge < -0.3 is 15.2 Å². The molecule has 0 aliphatic rings. The molecule has 0 amide bonds. The van der Waals surface area contributed by atoms with E-state index in [2.05, 4.69) is 0 Å². The second-order valence-corrected chi connectivity index (χ2v) is 4.55. The second kappa shape index (κ2) is 6.39. The van der Waals surface area contributed by atoms with E-state index in [1.807, 2.05) is 31.2 Å². The van der Waals surface area contributed by atoms with Gasteiger partial charge in [-0.05, 0) is 19.1 Å². The zero-order chi connectivity index (χ0) is 14.5. The molecule has 0 saturated heterocycles. The van der Waals surface area contributed by atoms with Crippen LogP contribution in [-0.2, 0) is 6.61 Å². The predicted octanol–water partition coefficient (Wildman–Crippen LogP) is 3.43. The van der Waals surface area contributed by atoms with Gasteiger partial charge in [0.15, 0.2) is 11.6 Å². The van der Waals surface area contributed by atoms with Crippen molar-refractivity contribution in [2.24, 2.45) is 5.73 Å². The SMILES string of the molecule is COc1cccc(COc2ccccc2[C@@H](C)N)c1F. The molecule has 3 nitrogen and oxygen atoms in total. The van der Waals surface area contributed by atoms with Gasteiger partial charge in [0.05, 0.1) is 7.11 Å². The number of hydrogen-bond acceptors (Lipinski definition) is 3. The molecule has 0 saturated carbocycles. The molecule has 0 unspecified atom stereocenters. The largest absolute Gasteiger partial charge is 0.494 e. The van der Waals surface area contributed by atoms with Crippen LogP contribution in [0.5, 0.6) is 11.5 Å². The average molecular weight is 275 g/mol. The lowest BCUT2D eigenvalue weighted by atomic mass is 10.1. The van der Waals surface area contributed by atoms with E-state index < -0.39 is 5.82 Å². The summed E-state index contributed by atoms with van der Waals surface area (Å²) in [4.78, 5) is 0. The van der Waals surface area contributed by atoms with Crippen molar-refractivity contribution < 1.29 is 13.9 Å². The van der Waals surface area contributed by atoms with Crippen LogP contribution in [0.3, 0.4) is 0 Å². The Hall–Kier alpha value is -2.07. The molecule has 0 aromatic heterocycles. The first-order valence-corrected chi connectivity index (χ1v) is 6.42. The molecule has 0 fully saturated rings. The fraction of sp³-hybridized carbons (Fsp3) is 0.250. The lowest BCUT2D eigenvalue weighted by molar-refractivity contribution is 0.291. The van der Waals surface area contributed by atoms with Gasteiger partial charge in [-0.25, -0.2) is 4.39 Å². The van der Waals surface area contributed by atoms with Crippen LogP contribution in [-0.4, -0.2) is 7.11 Å². The van der Waals surface area contributed by atoms with Gasteiger partial charge in [0.1, 0.15) is 12.4 Å². The Morgan fingerprint density at radius 2 is 1.80 bits per heavy atom. The van der Waals surface area contributed by atoms with E-state index in [0.717, 1.165) is 5.56 Å². The third kappa shape index (κ3) is 3.08. The maximum absolute atomic E-state index is 14.0. The summed E-state index contributed by atoms with van der Waals surface area (Å²) in [5.74, 6) is 0.490. The Morgan fingerprint density at radius 3 is 2.50 bits per heavy atom. The topological polar surface area (TPSA) is 44.5 Å². The van der Waals surface area contributed by atoms with E-state index in [1.165, 1.54) is 7.11 Å². The molecule has 20 heavy (non-hydrogen) atoms. The van der Waals surface area contributed by atoms with Crippen molar-refractivity contribution in [1.29, 1.82) is 0 Å². The highest BCUT2D eigenvalue weighted by molar-refractivity contribution is 5.36. The number of ether oxygens (including phenoxy) is 2. The molecule has 0 heterocycles. The minimum absolute atomic E-state index is 0.132. The van der Waals surface area contributed by atoms with Crippen LogP contribution in [0.15, 0.2) is 42.5 Å². The fourth-order valence-corrected chi connectivity index (χ4v) is 1.97. The lowest BCUT2D eigenvalue weighted by Crippen LogP contribution is -2.08. The summed E-state index contributed by atoms with van der Waals surface area (Å²) in [6.07, 6.45) is 0. The van der Waals surface area contributed by atoms with E-state index in [1.54, 1.807) is 18.2 Å². The van der Waals surface area contributed by atoms with Crippen LogP contribution in [0.1, 0.15) is 24.1 Å². The van der Waals surface area contributed by atoms with Gasteiger partial charge in [-0.2, -0.15) is 0 Å². The molecule has 0 radical (unpaired) electrons. The van der Waals surface area contributed by atoms with Gasteiger partial charge in [-0.3, -0.25) is 0 Å². The summed E-state index contributed by atoms with van der Waals surface area (Å²) >= 11 is 0. The van der Waals surface area contributed by atoms with E-state index in [9.17, 15) is 4.39 Å². The second-order valence-electron chi connectivity index (χ2n) is 4.55.